The minimum Gasteiger partial charge on any atom is -0.379 e. The summed E-state index contributed by atoms with van der Waals surface area (Å²) >= 11 is 3.41. The van der Waals surface area contributed by atoms with Gasteiger partial charge in [-0.2, -0.15) is 0 Å². The Balaban J connectivity index is 2.99. The average Bonchev–Trinajstić information content (AvgIpc) is 2.10. The van der Waals surface area contributed by atoms with Crippen LogP contribution in [0.1, 0.15) is 20.8 Å². The van der Waals surface area contributed by atoms with Crippen molar-refractivity contribution in [2.24, 2.45) is 11.8 Å². The van der Waals surface area contributed by atoms with Crippen LogP contribution in [0.2, 0.25) is 0 Å². The highest BCUT2D eigenvalue weighted by Crippen LogP contribution is 2.00. The number of hydrogen-bond acceptors (Lipinski definition) is 2. The van der Waals surface area contributed by atoms with Gasteiger partial charge in [0.15, 0.2) is 0 Å². The average molecular weight is 253 g/mol. The predicted molar refractivity (Wildman–Crippen MR) is 59.4 cm³/mol. The van der Waals surface area contributed by atoms with Crippen LogP contribution in [0, 0.1) is 11.8 Å². The highest BCUT2D eigenvalue weighted by molar-refractivity contribution is 9.09. The second kappa shape index (κ2) is 8.97. The molecule has 0 fully saturated rings. The summed E-state index contributed by atoms with van der Waals surface area (Å²) in [4.78, 5) is 0. The van der Waals surface area contributed by atoms with Crippen molar-refractivity contribution in [2.45, 2.75) is 20.8 Å². The summed E-state index contributed by atoms with van der Waals surface area (Å²) in [6.45, 7) is 9.52. The largest absolute Gasteiger partial charge is 0.379 e. The lowest BCUT2D eigenvalue weighted by Gasteiger charge is -2.09. The Kier molecular flexibility index (Phi) is 9.25. The van der Waals surface area contributed by atoms with E-state index in [1.165, 1.54) is 0 Å². The molecular formula is C10H21BrO2. The molecule has 0 bridgehead atoms. The maximum Gasteiger partial charge on any atom is 0.0700 e. The van der Waals surface area contributed by atoms with Gasteiger partial charge in [-0.3, -0.25) is 0 Å². The zero-order chi connectivity index (χ0) is 10.1. The molecule has 0 N–H and O–H groups in total. The first-order valence-corrected chi connectivity index (χ1v) is 6.00. The SMILES string of the molecule is CC(C)COCCOCC(C)CBr. The first-order valence-electron chi connectivity index (χ1n) is 4.88. The molecular weight excluding hydrogens is 232 g/mol. The summed E-state index contributed by atoms with van der Waals surface area (Å²) in [6.07, 6.45) is 0. The van der Waals surface area contributed by atoms with Crippen LogP contribution in [0.5, 0.6) is 0 Å². The number of halogens is 1. The van der Waals surface area contributed by atoms with Gasteiger partial charge >= 0.3 is 0 Å². The van der Waals surface area contributed by atoms with Gasteiger partial charge in [0.25, 0.3) is 0 Å². The molecule has 0 amide bonds. The van der Waals surface area contributed by atoms with Gasteiger partial charge in [0.1, 0.15) is 0 Å². The van der Waals surface area contributed by atoms with E-state index in [-0.39, 0.29) is 0 Å². The van der Waals surface area contributed by atoms with E-state index in [1.54, 1.807) is 0 Å². The van der Waals surface area contributed by atoms with Crippen LogP contribution in [0.25, 0.3) is 0 Å². The molecule has 80 valence electrons. The molecule has 0 heterocycles. The molecule has 0 aliphatic heterocycles. The molecule has 1 unspecified atom stereocenters. The Morgan fingerprint density at radius 2 is 1.54 bits per heavy atom. The van der Waals surface area contributed by atoms with Crippen molar-refractivity contribution in [3.05, 3.63) is 0 Å². The van der Waals surface area contributed by atoms with Crippen molar-refractivity contribution in [3.63, 3.8) is 0 Å². The molecule has 0 aromatic carbocycles. The third-order valence-electron chi connectivity index (χ3n) is 1.49. The zero-order valence-corrected chi connectivity index (χ0v) is 10.5. The van der Waals surface area contributed by atoms with Crippen LogP contribution in [-0.2, 0) is 9.47 Å². The number of ether oxygens (including phenoxy) is 2. The first kappa shape index (κ1) is 13.4. The molecule has 0 spiro atoms. The van der Waals surface area contributed by atoms with Crippen molar-refractivity contribution in [2.75, 3.05) is 31.8 Å². The van der Waals surface area contributed by atoms with Crippen LogP contribution in [0.15, 0.2) is 0 Å². The summed E-state index contributed by atoms with van der Waals surface area (Å²) in [5.41, 5.74) is 0. The molecule has 0 rings (SSSR count). The minimum atomic E-state index is 0.588. The fourth-order valence-electron chi connectivity index (χ4n) is 0.766. The van der Waals surface area contributed by atoms with Gasteiger partial charge in [0.05, 0.1) is 19.8 Å². The Bertz CT molecular complexity index is 107. The lowest BCUT2D eigenvalue weighted by Crippen LogP contribution is -2.12. The van der Waals surface area contributed by atoms with E-state index in [1.807, 2.05) is 0 Å². The summed E-state index contributed by atoms with van der Waals surface area (Å²) in [6, 6.07) is 0. The molecule has 3 heteroatoms. The van der Waals surface area contributed by atoms with E-state index in [2.05, 4.69) is 36.7 Å². The molecule has 0 aliphatic rings. The van der Waals surface area contributed by atoms with E-state index in [4.69, 9.17) is 9.47 Å². The van der Waals surface area contributed by atoms with Crippen molar-refractivity contribution >= 4 is 15.9 Å². The Labute approximate surface area is 90.1 Å². The maximum absolute atomic E-state index is 5.41. The summed E-state index contributed by atoms with van der Waals surface area (Å²) in [7, 11) is 0. The van der Waals surface area contributed by atoms with Gasteiger partial charge in [-0.25, -0.2) is 0 Å². The lowest BCUT2D eigenvalue weighted by molar-refractivity contribution is 0.0298. The third kappa shape index (κ3) is 10.3. The summed E-state index contributed by atoms with van der Waals surface area (Å²) < 4.78 is 10.8. The van der Waals surface area contributed by atoms with Gasteiger partial charge in [-0.15, -0.1) is 0 Å². The highest BCUT2D eigenvalue weighted by atomic mass is 79.9. The van der Waals surface area contributed by atoms with Crippen molar-refractivity contribution in [1.82, 2.24) is 0 Å². The monoisotopic (exact) mass is 252 g/mol. The maximum atomic E-state index is 5.41. The lowest BCUT2D eigenvalue weighted by atomic mass is 10.2. The van der Waals surface area contributed by atoms with Gasteiger partial charge in [0.2, 0.25) is 0 Å². The van der Waals surface area contributed by atoms with Gasteiger partial charge in [-0.1, -0.05) is 36.7 Å². The molecule has 0 saturated heterocycles. The van der Waals surface area contributed by atoms with Crippen molar-refractivity contribution < 1.29 is 9.47 Å². The van der Waals surface area contributed by atoms with E-state index in [0.29, 0.717) is 25.0 Å². The van der Waals surface area contributed by atoms with Gasteiger partial charge < -0.3 is 9.47 Å². The van der Waals surface area contributed by atoms with Crippen molar-refractivity contribution in [3.8, 4) is 0 Å². The number of rotatable bonds is 8. The van der Waals surface area contributed by atoms with E-state index < -0.39 is 0 Å². The fourth-order valence-corrected chi connectivity index (χ4v) is 0.953. The van der Waals surface area contributed by atoms with Crippen molar-refractivity contribution in [1.29, 1.82) is 0 Å². The van der Waals surface area contributed by atoms with Crippen LogP contribution < -0.4 is 0 Å². The van der Waals surface area contributed by atoms with E-state index in [9.17, 15) is 0 Å². The fraction of sp³-hybridized carbons (Fsp3) is 1.00. The van der Waals surface area contributed by atoms with Gasteiger partial charge in [0, 0.05) is 11.9 Å². The summed E-state index contributed by atoms with van der Waals surface area (Å²) in [5.74, 6) is 1.20. The molecule has 1 atom stereocenters. The van der Waals surface area contributed by atoms with Crippen LogP contribution in [-0.4, -0.2) is 31.8 Å². The molecule has 0 saturated carbocycles. The van der Waals surface area contributed by atoms with E-state index in [0.717, 1.165) is 18.5 Å². The second-order valence-electron chi connectivity index (χ2n) is 3.80. The van der Waals surface area contributed by atoms with E-state index >= 15 is 0 Å². The van der Waals surface area contributed by atoms with Gasteiger partial charge in [-0.05, 0) is 11.8 Å². The summed E-state index contributed by atoms with van der Waals surface area (Å²) in [5, 5.41) is 1.000. The standard InChI is InChI=1S/C10H21BrO2/c1-9(2)7-12-4-5-13-8-10(3)6-11/h9-10H,4-8H2,1-3H3. The van der Waals surface area contributed by atoms with Crippen LogP contribution >= 0.6 is 15.9 Å². The molecule has 2 nitrogen and oxygen atoms in total. The topological polar surface area (TPSA) is 18.5 Å². The predicted octanol–water partition coefficient (Wildman–Crippen LogP) is 2.71. The number of alkyl halides is 1. The Morgan fingerprint density at radius 1 is 1.00 bits per heavy atom. The Hall–Kier alpha value is 0.400. The first-order chi connectivity index (χ1) is 6.16. The second-order valence-corrected chi connectivity index (χ2v) is 4.45. The third-order valence-corrected chi connectivity index (χ3v) is 2.59. The molecule has 0 radical (unpaired) electrons. The smallest absolute Gasteiger partial charge is 0.0700 e. The minimum absolute atomic E-state index is 0.588. The van der Waals surface area contributed by atoms with Crippen LogP contribution in [0.4, 0.5) is 0 Å². The normalized spacial score (nSPS) is 13.6. The zero-order valence-electron chi connectivity index (χ0n) is 8.88. The molecule has 0 aromatic heterocycles. The number of hydrogen-bond donors (Lipinski definition) is 0. The quantitative estimate of drug-likeness (QED) is 0.489. The van der Waals surface area contributed by atoms with Crippen LogP contribution in [0.3, 0.4) is 0 Å². The Morgan fingerprint density at radius 3 is 2.00 bits per heavy atom. The highest BCUT2D eigenvalue weighted by Gasteiger charge is 1.99. The molecule has 13 heavy (non-hydrogen) atoms. The molecule has 0 aliphatic carbocycles. The molecule has 0 aromatic rings.